The average molecular weight is 374 g/mol. The standard InChI is InChI=1S/C21H28ClN3O/c1-13(2)15(4)24(18-10-11-18)21(26)12-20-14(3)23-25(16(20)5)19-8-6-17(22)7-9-19/h6-9,13,15,18H,10-12H2,1-5H3. The Morgan fingerprint density at radius 1 is 1.23 bits per heavy atom. The average Bonchev–Trinajstić information content (AvgIpc) is 3.38. The summed E-state index contributed by atoms with van der Waals surface area (Å²) in [6.45, 7) is 10.5. The van der Waals surface area contributed by atoms with Gasteiger partial charge in [0.05, 0.1) is 17.8 Å². The van der Waals surface area contributed by atoms with Crippen LogP contribution in [0.5, 0.6) is 0 Å². The van der Waals surface area contributed by atoms with Crippen LogP contribution in [0.1, 0.15) is 50.6 Å². The van der Waals surface area contributed by atoms with Crippen molar-refractivity contribution in [2.75, 3.05) is 0 Å². The summed E-state index contributed by atoms with van der Waals surface area (Å²) in [5, 5.41) is 5.37. The number of hydrogen-bond donors (Lipinski definition) is 0. The fourth-order valence-corrected chi connectivity index (χ4v) is 3.57. The lowest BCUT2D eigenvalue weighted by Gasteiger charge is -2.32. The molecule has 1 aliphatic rings. The molecule has 0 N–H and O–H groups in total. The van der Waals surface area contributed by atoms with Crippen molar-refractivity contribution in [1.29, 1.82) is 0 Å². The van der Waals surface area contributed by atoms with E-state index in [0.29, 0.717) is 23.4 Å². The van der Waals surface area contributed by atoms with Crippen LogP contribution in [0.25, 0.3) is 5.69 Å². The van der Waals surface area contributed by atoms with Crippen LogP contribution >= 0.6 is 11.6 Å². The molecular formula is C21H28ClN3O. The Labute approximate surface area is 161 Å². The molecule has 1 aliphatic carbocycles. The van der Waals surface area contributed by atoms with Gasteiger partial charge in [-0.3, -0.25) is 4.79 Å². The largest absolute Gasteiger partial charge is 0.336 e. The van der Waals surface area contributed by atoms with Crippen molar-refractivity contribution in [2.24, 2.45) is 5.92 Å². The van der Waals surface area contributed by atoms with E-state index in [1.54, 1.807) is 0 Å². The number of halogens is 1. The minimum atomic E-state index is 0.218. The minimum absolute atomic E-state index is 0.218. The van der Waals surface area contributed by atoms with Crippen LogP contribution < -0.4 is 0 Å². The molecule has 1 unspecified atom stereocenters. The van der Waals surface area contributed by atoms with Crippen LogP contribution in [0, 0.1) is 19.8 Å². The highest BCUT2D eigenvalue weighted by Gasteiger charge is 2.37. The summed E-state index contributed by atoms with van der Waals surface area (Å²) in [4.78, 5) is 15.2. The number of carbonyl (C=O) groups is 1. The van der Waals surface area contributed by atoms with Gasteiger partial charge in [0, 0.05) is 28.4 Å². The van der Waals surface area contributed by atoms with Crippen molar-refractivity contribution in [1.82, 2.24) is 14.7 Å². The van der Waals surface area contributed by atoms with Crippen molar-refractivity contribution < 1.29 is 4.79 Å². The summed E-state index contributed by atoms with van der Waals surface area (Å²) in [6.07, 6.45) is 2.68. The molecule has 1 saturated carbocycles. The molecule has 0 spiro atoms. The molecule has 1 heterocycles. The van der Waals surface area contributed by atoms with E-state index in [1.807, 2.05) is 42.8 Å². The molecule has 5 heteroatoms. The molecule has 0 bridgehead atoms. The molecule has 3 rings (SSSR count). The lowest BCUT2D eigenvalue weighted by molar-refractivity contribution is -0.134. The Morgan fingerprint density at radius 2 is 1.85 bits per heavy atom. The van der Waals surface area contributed by atoms with Gasteiger partial charge < -0.3 is 4.90 Å². The van der Waals surface area contributed by atoms with Crippen molar-refractivity contribution in [3.8, 4) is 5.69 Å². The predicted molar refractivity (Wildman–Crippen MR) is 106 cm³/mol. The molecule has 1 fully saturated rings. The van der Waals surface area contributed by atoms with Gasteiger partial charge >= 0.3 is 0 Å². The number of benzene rings is 1. The first-order valence-electron chi connectivity index (χ1n) is 9.41. The van der Waals surface area contributed by atoms with E-state index < -0.39 is 0 Å². The van der Waals surface area contributed by atoms with Crippen molar-refractivity contribution in [2.45, 2.75) is 66.0 Å². The van der Waals surface area contributed by atoms with Crippen LogP contribution in [0.4, 0.5) is 0 Å². The lowest BCUT2D eigenvalue weighted by atomic mass is 10.0. The maximum Gasteiger partial charge on any atom is 0.227 e. The van der Waals surface area contributed by atoms with Crippen LogP contribution in [0.2, 0.25) is 5.02 Å². The number of carbonyl (C=O) groups excluding carboxylic acids is 1. The molecule has 1 atom stereocenters. The Kier molecular flexibility index (Phi) is 5.42. The van der Waals surface area contributed by atoms with Gasteiger partial charge in [-0.15, -0.1) is 0 Å². The minimum Gasteiger partial charge on any atom is -0.336 e. The first kappa shape index (κ1) is 19.0. The van der Waals surface area contributed by atoms with Gasteiger partial charge in [0.2, 0.25) is 5.91 Å². The zero-order valence-corrected chi connectivity index (χ0v) is 17.0. The summed E-state index contributed by atoms with van der Waals surface area (Å²) in [7, 11) is 0. The predicted octanol–water partition coefficient (Wildman–Crippen LogP) is 4.72. The third-order valence-electron chi connectivity index (χ3n) is 5.47. The second kappa shape index (κ2) is 7.43. The Bertz CT molecular complexity index is 790. The zero-order chi connectivity index (χ0) is 19.0. The first-order chi connectivity index (χ1) is 12.3. The maximum absolute atomic E-state index is 13.1. The molecule has 2 aromatic rings. The molecule has 26 heavy (non-hydrogen) atoms. The first-order valence-corrected chi connectivity index (χ1v) is 9.79. The molecule has 4 nitrogen and oxygen atoms in total. The third kappa shape index (κ3) is 3.80. The Morgan fingerprint density at radius 3 is 2.38 bits per heavy atom. The number of hydrogen-bond acceptors (Lipinski definition) is 2. The van der Waals surface area contributed by atoms with Gasteiger partial charge in [-0.2, -0.15) is 5.10 Å². The van der Waals surface area contributed by atoms with Crippen molar-refractivity contribution in [3.63, 3.8) is 0 Å². The van der Waals surface area contributed by atoms with E-state index in [1.165, 1.54) is 0 Å². The van der Waals surface area contributed by atoms with E-state index in [9.17, 15) is 4.79 Å². The van der Waals surface area contributed by atoms with Crippen LogP contribution in [-0.4, -0.2) is 32.7 Å². The molecule has 1 aromatic carbocycles. The van der Waals surface area contributed by atoms with Crippen molar-refractivity contribution in [3.05, 3.63) is 46.2 Å². The highest BCUT2D eigenvalue weighted by atomic mass is 35.5. The molecule has 0 radical (unpaired) electrons. The Hall–Kier alpha value is -1.81. The van der Waals surface area contributed by atoms with Crippen LogP contribution in [0.3, 0.4) is 0 Å². The quantitative estimate of drug-likeness (QED) is 0.734. The summed E-state index contributed by atoms with van der Waals surface area (Å²) < 4.78 is 1.90. The monoisotopic (exact) mass is 373 g/mol. The fourth-order valence-electron chi connectivity index (χ4n) is 3.44. The van der Waals surface area contributed by atoms with Crippen LogP contribution in [0.15, 0.2) is 24.3 Å². The highest BCUT2D eigenvalue weighted by Crippen LogP contribution is 2.32. The molecule has 0 saturated heterocycles. The zero-order valence-electron chi connectivity index (χ0n) is 16.3. The van der Waals surface area contributed by atoms with E-state index in [0.717, 1.165) is 35.5 Å². The van der Waals surface area contributed by atoms with Crippen molar-refractivity contribution >= 4 is 17.5 Å². The molecule has 1 amide bonds. The number of aryl methyl sites for hydroxylation is 1. The highest BCUT2D eigenvalue weighted by molar-refractivity contribution is 6.30. The summed E-state index contributed by atoms with van der Waals surface area (Å²) in [6, 6.07) is 8.30. The van der Waals surface area contributed by atoms with E-state index in [2.05, 4.69) is 30.8 Å². The van der Waals surface area contributed by atoms with Gasteiger partial charge in [-0.05, 0) is 63.8 Å². The number of aromatic nitrogens is 2. The van der Waals surface area contributed by atoms with Gasteiger partial charge in [0.25, 0.3) is 0 Å². The summed E-state index contributed by atoms with van der Waals surface area (Å²) in [5.74, 6) is 0.675. The van der Waals surface area contributed by atoms with E-state index in [4.69, 9.17) is 11.6 Å². The molecule has 140 valence electrons. The Balaban J connectivity index is 1.85. The van der Waals surface area contributed by atoms with Gasteiger partial charge in [-0.25, -0.2) is 4.68 Å². The van der Waals surface area contributed by atoms with Gasteiger partial charge in [0.15, 0.2) is 0 Å². The lowest BCUT2D eigenvalue weighted by Crippen LogP contribution is -2.44. The second-order valence-electron chi connectivity index (χ2n) is 7.73. The van der Waals surface area contributed by atoms with Crippen LogP contribution in [-0.2, 0) is 11.2 Å². The molecular weight excluding hydrogens is 346 g/mol. The van der Waals surface area contributed by atoms with E-state index >= 15 is 0 Å². The number of rotatable bonds is 6. The third-order valence-corrected chi connectivity index (χ3v) is 5.72. The van der Waals surface area contributed by atoms with E-state index in [-0.39, 0.29) is 11.9 Å². The number of amides is 1. The maximum atomic E-state index is 13.1. The van der Waals surface area contributed by atoms with Gasteiger partial charge in [-0.1, -0.05) is 25.4 Å². The topological polar surface area (TPSA) is 38.1 Å². The molecule has 0 aliphatic heterocycles. The summed E-state index contributed by atoms with van der Waals surface area (Å²) >= 11 is 5.99. The SMILES string of the molecule is Cc1nn(-c2ccc(Cl)cc2)c(C)c1CC(=O)N(C1CC1)C(C)C(C)C. The fraction of sp³-hybridized carbons (Fsp3) is 0.524. The summed E-state index contributed by atoms with van der Waals surface area (Å²) in [5.41, 5.74) is 3.93. The smallest absolute Gasteiger partial charge is 0.227 e. The number of nitrogens with zero attached hydrogens (tertiary/aromatic N) is 3. The normalized spacial score (nSPS) is 15.3. The molecule has 1 aromatic heterocycles. The second-order valence-corrected chi connectivity index (χ2v) is 8.17. The van der Waals surface area contributed by atoms with Gasteiger partial charge in [0.1, 0.15) is 0 Å².